The number of aryl methyl sites for hydroxylation is 1. The van der Waals surface area contributed by atoms with Crippen LogP contribution in [-0.2, 0) is 4.79 Å². The fraction of sp³-hybridized carbons (Fsp3) is 0.500. The second-order valence-corrected chi connectivity index (χ2v) is 4.30. The number of nitrogens with zero attached hydrogens (tertiary/aromatic N) is 1. The van der Waals surface area contributed by atoms with Gasteiger partial charge in [0.1, 0.15) is 0 Å². The first-order chi connectivity index (χ1) is 7.72. The number of rotatable bonds is 2. The molecule has 1 saturated heterocycles. The summed E-state index contributed by atoms with van der Waals surface area (Å²) in [7, 11) is 0. The van der Waals surface area contributed by atoms with Crippen LogP contribution >= 0.6 is 0 Å². The molecule has 0 unspecified atom stereocenters. The number of nitrogens with one attached hydrogen (secondary N) is 1. The number of carbonyl (C=O) groups is 1. The third kappa shape index (κ3) is 2.01. The summed E-state index contributed by atoms with van der Waals surface area (Å²) in [5, 5.41) is 0. The first-order valence-corrected chi connectivity index (χ1v) is 5.62. The maximum Gasteiger partial charge on any atom is 0.250 e. The smallest absolute Gasteiger partial charge is 0.250 e. The van der Waals surface area contributed by atoms with E-state index in [9.17, 15) is 9.59 Å². The van der Waals surface area contributed by atoms with E-state index in [1.165, 1.54) is 0 Å². The van der Waals surface area contributed by atoms with Gasteiger partial charge in [-0.3, -0.25) is 9.59 Å². The van der Waals surface area contributed by atoms with Gasteiger partial charge < -0.3 is 9.88 Å². The van der Waals surface area contributed by atoms with Gasteiger partial charge in [0, 0.05) is 18.3 Å². The second kappa shape index (κ2) is 4.51. The molecule has 16 heavy (non-hydrogen) atoms. The number of aromatic amines is 1. The summed E-state index contributed by atoms with van der Waals surface area (Å²) >= 11 is 0. The van der Waals surface area contributed by atoms with Gasteiger partial charge in [0.05, 0.1) is 6.04 Å². The van der Waals surface area contributed by atoms with Crippen LogP contribution < -0.4 is 5.56 Å². The number of piperidine rings is 1. The van der Waals surface area contributed by atoms with E-state index in [2.05, 4.69) is 4.98 Å². The molecule has 86 valence electrons. The van der Waals surface area contributed by atoms with Gasteiger partial charge in [-0.2, -0.15) is 0 Å². The van der Waals surface area contributed by atoms with E-state index < -0.39 is 0 Å². The number of carbonyl (C=O) groups excluding carboxylic acids is 1. The van der Waals surface area contributed by atoms with Crippen LogP contribution in [0.5, 0.6) is 0 Å². The minimum Gasteiger partial charge on any atom is -0.338 e. The summed E-state index contributed by atoms with van der Waals surface area (Å²) < 4.78 is 0. The Morgan fingerprint density at radius 2 is 2.31 bits per heavy atom. The Kier molecular flexibility index (Phi) is 3.08. The first-order valence-electron chi connectivity index (χ1n) is 5.62. The number of pyridine rings is 1. The molecule has 4 nitrogen and oxygen atoms in total. The van der Waals surface area contributed by atoms with Gasteiger partial charge in [-0.1, -0.05) is 0 Å². The van der Waals surface area contributed by atoms with Crippen molar-refractivity contribution in [3.05, 3.63) is 33.7 Å². The van der Waals surface area contributed by atoms with Crippen molar-refractivity contribution < 1.29 is 4.79 Å². The largest absolute Gasteiger partial charge is 0.338 e. The van der Waals surface area contributed by atoms with E-state index in [4.69, 9.17) is 0 Å². The van der Waals surface area contributed by atoms with E-state index in [0.29, 0.717) is 5.56 Å². The summed E-state index contributed by atoms with van der Waals surface area (Å²) in [6, 6.07) is 2.01. The van der Waals surface area contributed by atoms with Crippen molar-refractivity contribution in [3.8, 4) is 0 Å². The topological polar surface area (TPSA) is 53.2 Å². The standard InChI is InChI=1S/C12H16N2O2/c1-9-6-10(7-13-12(9)16)11-4-2-3-5-14(11)8-15/h6-8,11H,2-5H2,1H3,(H,13,16)/t11-/m0/s1. The van der Waals surface area contributed by atoms with Crippen molar-refractivity contribution in [2.24, 2.45) is 0 Å². The van der Waals surface area contributed by atoms with Crippen LogP contribution in [0.3, 0.4) is 0 Å². The van der Waals surface area contributed by atoms with Gasteiger partial charge in [0.15, 0.2) is 0 Å². The minimum atomic E-state index is -0.0581. The molecule has 0 bridgehead atoms. The lowest BCUT2D eigenvalue weighted by Crippen LogP contribution is -2.32. The van der Waals surface area contributed by atoms with Crippen LogP contribution in [0.25, 0.3) is 0 Å². The fourth-order valence-corrected chi connectivity index (χ4v) is 2.25. The molecule has 2 heterocycles. The highest BCUT2D eigenvalue weighted by molar-refractivity contribution is 5.49. The van der Waals surface area contributed by atoms with Gasteiger partial charge >= 0.3 is 0 Å². The number of H-pyrrole nitrogens is 1. The van der Waals surface area contributed by atoms with E-state index in [-0.39, 0.29) is 11.6 Å². The van der Waals surface area contributed by atoms with Crippen molar-refractivity contribution in [2.45, 2.75) is 32.2 Å². The zero-order chi connectivity index (χ0) is 11.5. The van der Waals surface area contributed by atoms with Crippen LogP contribution in [0.2, 0.25) is 0 Å². The molecule has 1 fully saturated rings. The van der Waals surface area contributed by atoms with Gasteiger partial charge in [0.25, 0.3) is 5.56 Å². The molecule has 1 aliphatic rings. The summed E-state index contributed by atoms with van der Waals surface area (Å²) in [5.41, 5.74) is 1.68. The van der Waals surface area contributed by atoms with E-state index in [1.807, 2.05) is 11.0 Å². The third-order valence-electron chi connectivity index (χ3n) is 3.18. The zero-order valence-electron chi connectivity index (χ0n) is 9.40. The van der Waals surface area contributed by atoms with Crippen molar-refractivity contribution in [1.82, 2.24) is 9.88 Å². The third-order valence-corrected chi connectivity index (χ3v) is 3.18. The predicted octanol–water partition coefficient (Wildman–Crippen LogP) is 1.37. The summed E-state index contributed by atoms with van der Waals surface area (Å²) in [5.74, 6) is 0. The van der Waals surface area contributed by atoms with Crippen LogP contribution in [0.4, 0.5) is 0 Å². The molecule has 1 N–H and O–H groups in total. The molecule has 1 amide bonds. The highest BCUT2D eigenvalue weighted by Gasteiger charge is 2.22. The Balaban J connectivity index is 2.30. The molecule has 0 spiro atoms. The maximum absolute atomic E-state index is 11.3. The van der Waals surface area contributed by atoms with E-state index in [0.717, 1.165) is 37.8 Å². The lowest BCUT2D eigenvalue weighted by atomic mass is 9.96. The monoisotopic (exact) mass is 220 g/mol. The van der Waals surface area contributed by atoms with Crippen LogP contribution in [0.15, 0.2) is 17.1 Å². The molecule has 1 aromatic heterocycles. The number of hydrogen-bond acceptors (Lipinski definition) is 2. The SMILES string of the molecule is Cc1cc([C@@H]2CCCCN2C=O)c[nH]c1=O. The summed E-state index contributed by atoms with van der Waals surface area (Å²) in [6.45, 7) is 2.60. The van der Waals surface area contributed by atoms with Crippen molar-refractivity contribution in [2.75, 3.05) is 6.54 Å². The molecule has 2 rings (SSSR count). The molecule has 0 aliphatic carbocycles. The Morgan fingerprint density at radius 1 is 1.50 bits per heavy atom. The predicted molar refractivity (Wildman–Crippen MR) is 61.2 cm³/mol. The molecule has 0 saturated carbocycles. The Labute approximate surface area is 94.3 Å². The highest BCUT2D eigenvalue weighted by Crippen LogP contribution is 2.28. The number of hydrogen-bond donors (Lipinski definition) is 1. The molecule has 0 aromatic carbocycles. The minimum absolute atomic E-state index is 0.0581. The molecule has 1 aromatic rings. The lowest BCUT2D eigenvalue weighted by Gasteiger charge is -2.32. The molecule has 0 radical (unpaired) electrons. The molecule has 1 aliphatic heterocycles. The normalized spacial score (nSPS) is 20.8. The van der Waals surface area contributed by atoms with Gasteiger partial charge in [0.2, 0.25) is 6.41 Å². The van der Waals surface area contributed by atoms with Crippen molar-refractivity contribution in [1.29, 1.82) is 0 Å². The van der Waals surface area contributed by atoms with Gasteiger partial charge in [-0.05, 0) is 37.8 Å². The average molecular weight is 220 g/mol. The quantitative estimate of drug-likeness (QED) is 0.765. The summed E-state index contributed by atoms with van der Waals surface area (Å²) in [4.78, 5) is 26.7. The molecular formula is C12H16N2O2. The second-order valence-electron chi connectivity index (χ2n) is 4.30. The van der Waals surface area contributed by atoms with E-state index >= 15 is 0 Å². The van der Waals surface area contributed by atoms with Crippen molar-refractivity contribution >= 4 is 6.41 Å². The van der Waals surface area contributed by atoms with E-state index in [1.54, 1.807) is 13.1 Å². The number of aromatic nitrogens is 1. The maximum atomic E-state index is 11.3. The first kappa shape index (κ1) is 10.9. The lowest BCUT2D eigenvalue weighted by molar-refractivity contribution is -0.121. The molecule has 1 atom stereocenters. The highest BCUT2D eigenvalue weighted by atomic mass is 16.1. The van der Waals surface area contributed by atoms with Crippen LogP contribution in [-0.4, -0.2) is 22.8 Å². The van der Waals surface area contributed by atoms with Crippen molar-refractivity contribution in [3.63, 3.8) is 0 Å². The Hall–Kier alpha value is -1.58. The van der Waals surface area contributed by atoms with Crippen LogP contribution in [0.1, 0.15) is 36.4 Å². The fourth-order valence-electron chi connectivity index (χ4n) is 2.25. The van der Waals surface area contributed by atoms with Gasteiger partial charge in [-0.15, -0.1) is 0 Å². The number of amides is 1. The van der Waals surface area contributed by atoms with Crippen LogP contribution in [0, 0.1) is 6.92 Å². The molecule has 4 heteroatoms. The zero-order valence-corrected chi connectivity index (χ0v) is 9.40. The summed E-state index contributed by atoms with van der Waals surface area (Å²) in [6.07, 6.45) is 5.81. The Bertz CT molecular complexity index is 439. The molecular weight excluding hydrogens is 204 g/mol. The Morgan fingerprint density at radius 3 is 3.00 bits per heavy atom. The van der Waals surface area contributed by atoms with Gasteiger partial charge in [-0.25, -0.2) is 0 Å². The number of likely N-dealkylation sites (tertiary alicyclic amines) is 1. The average Bonchev–Trinajstić information content (AvgIpc) is 2.32.